The number of fused-ring (bicyclic) bond motifs is 1. The van der Waals surface area contributed by atoms with Crippen molar-refractivity contribution in [1.29, 1.82) is 0 Å². The molecule has 0 fully saturated rings. The number of para-hydroxylation sites is 1. The first kappa shape index (κ1) is 26.7. The number of benzene rings is 2. The number of nitrogens with one attached hydrogen (secondary N) is 1. The monoisotopic (exact) mass is 590 g/mol. The predicted octanol–water partition coefficient (Wildman–Crippen LogP) is 4.80. The molecular weight excluding hydrogens is 567 g/mol. The first-order chi connectivity index (χ1) is 20.0. The summed E-state index contributed by atoms with van der Waals surface area (Å²) in [6.45, 7) is 0. The fraction of sp³-hybridized carbons (Fsp3) is 0.179. The number of hydrazone groups is 1. The highest BCUT2D eigenvalue weighted by Gasteiger charge is 2.36. The summed E-state index contributed by atoms with van der Waals surface area (Å²) in [5.41, 5.74) is 2.03. The lowest BCUT2D eigenvalue weighted by molar-refractivity contribution is -0.130. The zero-order valence-corrected chi connectivity index (χ0v) is 23.5. The number of ether oxygens (including phenoxy) is 2. The van der Waals surface area contributed by atoms with Gasteiger partial charge < -0.3 is 14.5 Å². The van der Waals surface area contributed by atoms with E-state index in [0.717, 1.165) is 27.9 Å². The lowest BCUT2D eigenvalue weighted by Crippen LogP contribution is -2.29. The predicted molar refractivity (Wildman–Crippen MR) is 155 cm³/mol. The lowest BCUT2D eigenvalue weighted by Gasteiger charge is -2.24. The van der Waals surface area contributed by atoms with Gasteiger partial charge in [-0.15, -0.1) is 11.3 Å². The summed E-state index contributed by atoms with van der Waals surface area (Å²) in [7, 11) is 3.13. The molecule has 0 radical (unpaired) electrons. The van der Waals surface area contributed by atoms with Crippen LogP contribution in [0.15, 0.2) is 81.2 Å². The van der Waals surface area contributed by atoms with Gasteiger partial charge in [0, 0.05) is 12.0 Å². The van der Waals surface area contributed by atoms with Crippen LogP contribution in [0.2, 0.25) is 0 Å². The second-order valence-electron chi connectivity index (χ2n) is 8.99. The van der Waals surface area contributed by atoms with E-state index in [0.29, 0.717) is 29.3 Å². The third kappa shape index (κ3) is 5.09. The zero-order chi connectivity index (χ0) is 28.5. The standard InChI is InChI=1S/C28H23FN6O4S2/c1-38-22-6-3-5-18(25(22)39-2)21-13-20(23-7-4-12-40-23)33-35(21)24(36)15-41-28-31-26-19(27(37)32-28)14-30-34(26)17-10-8-16(29)9-11-17/h3-12,14,21H,13,15H2,1-2H3,(H,31,32,37)/t21-/m0/s1. The number of methoxy groups -OCH3 is 2. The van der Waals surface area contributed by atoms with Crippen LogP contribution in [0.1, 0.15) is 22.9 Å². The summed E-state index contributed by atoms with van der Waals surface area (Å²) >= 11 is 2.64. The van der Waals surface area contributed by atoms with Crippen LogP contribution >= 0.6 is 23.1 Å². The van der Waals surface area contributed by atoms with Crippen LogP contribution in [0.25, 0.3) is 16.7 Å². The van der Waals surface area contributed by atoms with Crippen molar-refractivity contribution >= 4 is 45.8 Å². The molecule has 6 rings (SSSR count). The maximum atomic E-state index is 13.6. The molecule has 0 bridgehead atoms. The Labute approximate surface area is 241 Å². The minimum atomic E-state index is -0.417. The molecule has 0 unspecified atom stereocenters. The minimum Gasteiger partial charge on any atom is -0.493 e. The Kier molecular flexibility index (Phi) is 7.28. The molecule has 10 nitrogen and oxygen atoms in total. The summed E-state index contributed by atoms with van der Waals surface area (Å²) in [6, 6.07) is 14.8. The Bertz CT molecular complexity index is 1820. The summed E-state index contributed by atoms with van der Waals surface area (Å²) < 4.78 is 26.0. The van der Waals surface area contributed by atoms with Gasteiger partial charge in [0.25, 0.3) is 11.5 Å². The molecule has 0 aliphatic carbocycles. The van der Waals surface area contributed by atoms with Gasteiger partial charge in [0.1, 0.15) is 11.2 Å². The number of halogens is 1. The van der Waals surface area contributed by atoms with Crippen molar-refractivity contribution in [2.45, 2.75) is 17.6 Å². The number of rotatable bonds is 8. The SMILES string of the molecule is COc1cccc([C@@H]2CC(c3cccs3)=NN2C(=O)CSc2nc3c(cnn3-c3ccc(F)cc3)c(=O)[nH]2)c1OC. The number of carbonyl (C=O) groups excluding carboxylic acids is 1. The minimum absolute atomic E-state index is 0.0386. The smallest absolute Gasteiger partial charge is 0.262 e. The van der Waals surface area contributed by atoms with Gasteiger partial charge in [-0.05, 0) is 41.8 Å². The number of aromatic nitrogens is 4. The highest BCUT2D eigenvalue weighted by molar-refractivity contribution is 7.99. The molecule has 0 saturated heterocycles. The van der Waals surface area contributed by atoms with E-state index in [-0.39, 0.29) is 28.0 Å². The van der Waals surface area contributed by atoms with Gasteiger partial charge >= 0.3 is 0 Å². The Morgan fingerprint density at radius 1 is 1.15 bits per heavy atom. The van der Waals surface area contributed by atoms with Gasteiger partial charge in [0.2, 0.25) is 0 Å². The van der Waals surface area contributed by atoms with Crippen molar-refractivity contribution in [3.63, 3.8) is 0 Å². The number of thioether (sulfide) groups is 1. The van der Waals surface area contributed by atoms with Crippen LogP contribution in [0, 0.1) is 5.82 Å². The van der Waals surface area contributed by atoms with Crippen molar-refractivity contribution in [3.8, 4) is 17.2 Å². The number of amides is 1. The summed E-state index contributed by atoms with van der Waals surface area (Å²) in [5, 5.41) is 12.9. The van der Waals surface area contributed by atoms with E-state index >= 15 is 0 Å². The Morgan fingerprint density at radius 3 is 2.71 bits per heavy atom. The van der Waals surface area contributed by atoms with E-state index in [9.17, 15) is 14.0 Å². The average molecular weight is 591 g/mol. The topological polar surface area (TPSA) is 115 Å². The third-order valence-corrected chi connectivity index (χ3v) is 8.36. The molecule has 3 aromatic heterocycles. The second-order valence-corrected chi connectivity index (χ2v) is 10.9. The molecule has 1 atom stereocenters. The number of carbonyl (C=O) groups is 1. The van der Waals surface area contributed by atoms with Crippen LogP contribution in [0.4, 0.5) is 4.39 Å². The van der Waals surface area contributed by atoms with Crippen molar-refractivity contribution in [1.82, 2.24) is 24.8 Å². The van der Waals surface area contributed by atoms with Crippen molar-refractivity contribution in [3.05, 3.63) is 92.8 Å². The highest BCUT2D eigenvalue weighted by atomic mass is 32.2. The van der Waals surface area contributed by atoms with Gasteiger partial charge in [0.05, 0.1) is 48.5 Å². The van der Waals surface area contributed by atoms with Crippen LogP contribution in [-0.2, 0) is 4.79 Å². The van der Waals surface area contributed by atoms with Gasteiger partial charge in [-0.1, -0.05) is 30.0 Å². The third-order valence-electron chi connectivity index (χ3n) is 6.58. The number of thiophene rings is 1. The molecule has 13 heteroatoms. The Morgan fingerprint density at radius 2 is 1.98 bits per heavy atom. The van der Waals surface area contributed by atoms with Gasteiger partial charge in [-0.2, -0.15) is 10.2 Å². The normalized spacial score (nSPS) is 14.9. The molecule has 1 amide bonds. The first-order valence-electron chi connectivity index (χ1n) is 12.5. The molecule has 1 aliphatic heterocycles. The van der Waals surface area contributed by atoms with E-state index in [1.807, 2.05) is 29.6 Å². The van der Waals surface area contributed by atoms with Crippen LogP contribution < -0.4 is 15.0 Å². The molecule has 5 aromatic rings. The second kappa shape index (κ2) is 11.2. The van der Waals surface area contributed by atoms with Gasteiger partial charge in [0.15, 0.2) is 22.3 Å². The molecular formula is C28H23FN6O4S2. The van der Waals surface area contributed by atoms with E-state index in [2.05, 4.69) is 15.1 Å². The number of H-pyrrole nitrogens is 1. The molecule has 4 heterocycles. The van der Waals surface area contributed by atoms with Gasteiger partial charge in [-0.25, -0.2) is 19.1 Å². The van der Waals surface area contributed by atoms with Crippen LogP contribution in [-0.4, -0.2) is 56.3 Å². The molecule has 208 valence electrons. The Balaban J connectivity index is 1.29. The van der Waals surface area contributed by atoms with E-state index in [1.54, 1.807) is 43.8 Å². The summed E-state index contributed by atoms with van der Waals surface area (Å²) in [5.74, 6) is 0.403. The number of hydrogen-bond acceptors (Lipinski definition) is 9. The fourth-order valence-corrected chi connectivity index (χ4v) is 6.11. The quantitative estimate of drug-likeness (QED) is 0.204. The van der Waals surface area contributed by atoms with Crippen molar-refractivity contribution in [2.75, 3.05) is 20.0 Å². The average Bonchev–Trinajstić information content (AvgIpc) is 3.76. The largest absolute Gasteiger partial charge is 0.493 e. The highest BCUT2D eigenvalue weighted by Crippen LogP contribution is 2.42. The zero-order valence-electron chi connectivity index (χ0n) is 21.9. The van der Waals surface area contributed by atoms with Crippen molar-refractivity contribution in [2.24, 2.45) is 5.10 Å². The maximum Gasteiger partial charge on any atom is 0.262 e. The molecule has 0 saturated carbocycles. The molecule has 0 spiro atoms. The lowest BCUT2D eigenvalue weighted by atomic mass is 9.99. The summed E-state index contributed by atoms with van der Waals surface area (Å²) in [6.07, 6.45) is 1.90. The van der Waals surface area contributed by atoms with E-state index < -0.39 is 11.6 Å². The van der Waals surface area contributed by atoms with Crippen LogP contribution in [0.3, 0.4) is 0 Å². The molecule has 41 heavy (non-hydrogen) atoms. The fourth-order valence-electron chi connectivity index (χ4n) is 4.68. The molecule has 1 N–H and O–H groups in total. The first-order valence-corrected chi connectivity index (χ1v) is 14.3. The van der Waals surface area contributed by atoms with Crippen LogP contribution in [0.5, 0.6) is 11.5 Å². The molecule has 2 aromatic carbocycles. The van der Waals surface area contributed by atoms with Crippen molar-refractivity contribution < 1.29 is 18.7 Å². The number of hydrogen-bond donors (Lipinski definition) is 1. The van der Waals surface area contributed by atoms with Gasteiger partial charge in [-0.3, -0.25) is 9.59 Å². The number of nitrogens with zero attached hydrogens (tertiary/aromatic N) is 5. The van der Waals surface area contributed by atoms with E-state index in [1.165, 1.54) is 28.0 Å². The summed E-state index contributed by atoms with van der Waals surface area (Å²) in [4.78, 5) is 34.7. The Hall–Kier alpha value is -4.49. The maximum absolute atomic E-state index is 13.6. The van der Waals surface area contributed by atoms with E-state index in [4.69, 9.17) is 14.6 Å². The molecule has 1 aliphatic rings. The number of aromatic amines is 1.